The second-order valence-corrected chi connectivity index (χ2v) is 5.53. The molecule has 0 fully saturated rings. The molecule has 0 amide bonds. The normalized spacial score (nSPS) is 12.6. The van der Waals surface area contributed by atoms with Crippen LogP contribution in [-0.4, -0.2) is 23.9 Å². The molecule has 0 aliphatic rings. The minimum atomic E-state index is -0.00324. The molecule has 0 radical (unpaired) electrons. The van der Waals surface area contributed by atoms with Crippen molar-refractivity contribution in [2.75, 3.05) is 14.2 Å². The van der Waals surface area contributed by atoms with Gasteiger partial charge >= 0.3 is 0 Å². The maximum Gasteiger partial charge on any atom is 0.134 e. The lowest BCUT2D eigenvalue weighted by Gasteiger charge is -2.18. The maximum absolute atomic E-state index is 6.31. The molecule has 2 aromatic heterocycles. The van der Waals surface area contributed by atoms with E-state index in [0.29, 0.717) is 5.02 Å². The van der Waals surface area contributed by atoms with E-state index >= 15 is 0 Å². The lowest BCUT2D eigenvalue weighted by atomic mass is 10.1. The Hall–Kier alpha value is -1.04. The SMILES string of the molecule is CCCn1ncc(Cl)c1C(NC)c1sccc1OC. The smallest absolute Gasteiger partial charge is 0.134 e. The van der Waals surface area contributed by atoms with E-state index in [1.807, 2.05) is 23.2 Å². The van der Waals surface area contributed by atoms with Gasteiger partial charge in [0, 0.05) is 6.54 Å². The average Bonchev–Trinajstić information content (AvgIpc) is 3.01. The molecule has 0 aliphatic heterocycles. The first-order valence-electron chi connectivity index (χ1n) is 6.22. The second-order valence-electron chi connectivity index (χ2n) is 4.18. The van der Waals surface area contributed by atoms with Gasteiger partial charge < -0.3 is 10.1 Å². The molecule has 19 heavy (non-hydrogen) atoms. The van der Waals surface area contributed by atoms with Gasteiger partial charge in [0.05, 0.1) is 34.9 Å². The number of hydrogen-bond acceptors (Lipinski definition) is 4. The molecule has 0 saturated heterocycles. The highest BCUT2D eigenvalue weighted by Gasteiger charge is 2.24. The number of aryl methyl sites for hydroxylation is 1. The number of aromatic nitrogens is 2. The van der Waals surface area contributed by atoms with Crippen LogP contribution in [0.15, 0.2) is 17.6 Å². The van der Waals surface area contributed by atoms with Crippen molar-refractivity contribution >= 4 is 22.9 Å². The summed E-state index contributed by atoms with van der Waals surface area (Å²) in [6.45, 7) is 2.98. The van der Waals surface area contributed by atoms with Gasteiger partial charge in [-0.15, -0.1) is 11.3 Å². The van der Waals surface area contributed by atoms with Gasteiger partial charge in [-0.25, -0.2) is 0 Å². The molecule has 2 rings (SSSR count). The summed E-state index contributed by atoms with van der Waals surface area (Å²) >= 11 is 7.96. The van der Waals surface area contributed by atoms with Crippen LogP contribution in [0.5, 0.6) is 5.75 Å². The van der Waals surface area contributed by atoms with Crippen molar-refractivity contribution in [2.24, 2.45) is 0 Å². The molecule has 2 heterocycles. The van der Waals surface area contributed by atoms with E-state index in [4.69, 9.17) is 16.3 Å². The van der Waals surface area contributed by atoms with Crippen molar-refractivity contribution < 1.29 is 4.74 Å². The van der Waals surface area contributed by atoms with Crippen LogP contribution in [0.1, 0.15) is 30.0 Å². The molecule has 2 aromatic rings. The van der Waals surface area contributed by atoms with Crippen molar-refractivity contribution in [3.05, 3.63) is 33.2 Å². The number of halogens is 1. The third-order valence-electron chi connectivity index (χ3n) is 2.97. The second kappa shape index (κ2) is 6.41. The predicted octanol–water partition coefficient (Wildman–Crippen LogP) is 3.33. The first-order chi connectivity index (χ1) is 9.22. The topological polar surface area (TPSA) is 39.1 Å². The van der Waals surface area contributed by atoms with Crippen molar-refractivity contribution in [1.29, 1.82) is 0 Å². The van der Waals surface area contributed by atoms with Crippen LogP contribution in [0.25, 0.3) is 0 Å². The highest BCUT2D eigenvalue weighted by atomic mass is 35.5. The molecule has 0 aromatic carbocycles. The summed E-state index contributed by atoms with van der Waals surface area (Å²) in [7, 11) is 3.60. The zero-order valence-electron chi connectivity index (χ0n) is 11.3. The summed E-state index contributed by atoms with van der Waals surface area (Å²) in [6.07, 6.45) is 2.72. The molecule has 6 heteroatoms. The molecular weight excluding hydrogens is 282 g/mol. The van der Waals surface area contributed by atoms with Gasteiger partial charge in [0.15, 0.2) is 0 Å². The molecule has 4 nitrogen and oxygen atoms in total. The number of nitrogens with zero attached hydrogens (tertiary/aromatic N) is 2. The Morgan fingerprint density at radius 3 is 3.00 bits per heavy atom. The zero-order chi connectivity index (χ0) is 13.8. The number of hydrogen-bond donors (Lipinski definition) is 1. The summed E-state index contributed by atoms with van der Waals surface area (Å²) < 4.78 is 7.36. The van der Waals surface area contributed by atoms with E-state index in [0.717, 1.165) is 29.3 Å². The van der Waals surface area contributed by atoms with Crippen LogP contribution in [0.2, 0.25) is 5.02 Å². The number of rotatable bonds is 6. The van der Waals surface area contributed by atoms with E-state index in [9.17, 15) is 0 Å². The van der Waals surface area contributed by atoms with Gasteiger partial charge in [-0.2, -0.15) is 5.10 Å². The minimum Gasteiger partial charge on any atom is -0.496 e. The quantitative estimate of drug-likeness (QED) is 0.889. The van der Waals surface area contributed by atoms with E-state index in [1.54, 1.807) is 24.6 Å². The fraction of sp³-hybridized carbons (Fsp3) is 0.462. The Morgan fingerprint density at radius 2 is 2.37 bits per heavy atom. The molecule has 104 valence electrons. The van der Waals surface area contributed by atoms with Gasteiger partial charge in [0.1, 0.15) is 5.75 Å². The summed E-state index contributed by atoms with van der Waals surface area (Å²) in [5.41, 5.74) is 0.992. The predicted molar refractivity (Wildman–Crippen MR) is 79.3 cm³/mol. The van der Waals surface area contributed by atoms with Crippen LogP contribution in [0.3, 0.4) is 0 Å². The van der Waals surface area contributed by atoms with Crippen LogP contribution in [0.4, 0.5) is 0 Å². The first-order valence-corrected chi connectivity index (χ1v) is 7.48. The fourth-order valence-corrected chi connectivity index (χ4v) is 3.35. The van der Waals surface area contributed by atoms with Crippen molar-refractivity contribution in [3.63, 3.8) is 0 Å². The Balaban J connectivity index is 2.45. The van der Waals surface area contributed by atoms with Crippen molar-refractivity contribution in [1.82, 2.24) is 15.1 Å². The Bertz CT molecular complexity index is 538. The maximum atomic E-state index is 6.31. The third kappa shape index (κ3) is 2.78. The van der Waals surface area contributed by atoms with E-state index in [2.05, 4.69) is 17.3 Å². The number of ether oxygens (including phenoxy) is 1. The summed E-state index contributed by atoms with van der Waals surface area (Å²) in [5.74, 6) is 0.879. The Morgan fingerprint density at radius 1 is 1.58 bits per heavy atom. The van der Waals surface area contributed by atoms with E-state index in [-0.39, 0.29) is 6.04 Å². The molecule has 1 N–H and O–H groups in total. The van der Waals surface area contributed by atoms with Gasteiger partial charge in [0.25, 0.3) is 0 Å². The van der Waals surface area contributed by atoms with Gasteiger partial charge in [-0.05, 0) is 24.9 Å². The largest absolute Gasteiger partial charge is 0.496 e. The Labute approximate surface area is 122 Å². The molecule has 0 bridgehead atoms. The molecular formula is C13H18ClN3OS. The fourth-order valence-electron chi connectivity index (χ4n) is 2.13. The number of nitrogens with one attached hydrogen (secondary N) is 1. The van der Waals surface area contributed by atoms with Gasteiger partial charge in [-0.3, -0.25) is 4.68 Å². The van der Waals surface area contributed by atoms with E-state index in [1.165, 1.54) is 0 Å². The van der Waals surface area contributed by atoms with Crippen LogP contribution < -0.4 is 10.1 Å². The number of methoxy groups -OCH3 is 1. The van der Waals surface area contributed by atoms with Gasteiger partial charge in [0.2, 0.25) is 0 Å². The zero-order valence-corrected chi connectivity index (χ0v) is 12.9. The minimum absolute atomic E-state index is 0.00324. The number of thiophene rings is 1. The average molecular weight is 300 g/mol. The highest BCUT2D eigenvalue weighted by molar-refractivity contribution is 7.10. The van der Waals surface area contributed by atoms with E-state index < -0.39 is 0 Å². The molecule has 0 spiro atoms. The summed E-state index contributed by atoms with van der Waals surface area (Å²) in [5, 5.41) is 10.4. The molecule has 1 unspecified atom stereocenters. The summed E-state index contributed by atoms with van der Waals surface area (Å²) in [6, 6.07) is 1.97. The van der Waals surface area contributed by atoms with Gasteiger partial charge in [-0.1, -0.05) is 18.5 Å². The van der Waals surface area contributed by atoms with Crippen molar-refractivity contribution in [3.8, 4) is 5.75 Å². The van der Waals surface area contributed by atoms with Crippen LogP contribution in [0, 0.1) is 0 Å². The third-order valence-corrected chi connectivity index (χ3v) is 4.22. The summed E-state index contributed by atoms with van der Waals surface area (Å²) in [4.78, 5) is 1.12. The highest BCUT2D eigenvalue weighted by Crippen LogP contribution is 2.37. The Kier molecular flexibility index (Phi) is 4.85. The molecule has 0 aliphatic carbocycles. The van der Waals surface area contributed by atoms with Crippen molar-refractivity contribution in [2.45, 2.75) is 25.9 Å². The lowest BCUT2D eigenvalue weighted by Crippen LogP contribution is -2.21. The molecule has 1 atom stereocenters. The monoisotopic (exact) mass is 299 g/mol. The molecule has 0 saturated carbocycles. The lowest BCUT2D eigenvalue weighted by molar-refractivity contribution is 0.407. The van der Waals surface area contributed by atoms with Crippen LogP contribution >= 0.6 is 22.9 Å². The van der Waals surface area contributed by atoms with Crippen LogP contribution in [-0.2, 0) is 6.54 Å². The first kappa shape index (κ1) is 14.4. The standard InChI is InChI=1S/C13H18ClN3OS/c1-4-6-17-12(9(14)8-16-17)11(15-2)13-10(18-3)5-7-19-13/h5,7-8,11,15H,4,6H2,1-3H3.